The molecule has 5 heteroatoms. The molecule has 0 amide bonds. The summed E-state index contributed by atoms with van der Waals surface area (Å²) in [4.78, 5) is 1.24. The maximum Gasteiger partial charge on any atom is 0.0604 e. The second kappa shape index (κ2) is 4.51. The Bertz CT molecular complexity index is 332. The Morgan fingerprint density at radius 3 is 2.80 bits per heavy atom. The highest BCUT2D eigenvalue weighted by molar-refractivity contribution is 9.10. The summed E-state index contributed by atoms with van der Waals surface area (Å²) in [5, 5.41) is 14.8. The van der Waals surface area contributed by atoms with Crippen LogP contribution in [0.15, 0.2) is 15.9 Å². The number of nitrogens with one attached hydrogen (secondary N) is 1. The fraction of sp³-hybridized carbons (Fsp3) is 0.600. The van der Waals surface area contributed by atoms with Crippen molar-refractivity contribution in [2.75, 3.05) is 26.9 Å². The molecule has 0 aromatic carbocycles. The second-order valence-corrected chi connectivity index (χ2v) is 5.76. The molecule has 3 nitrogen and oxygen atoms in total. The monoisotopic (exact) mass is 291 g/mol. The summed E-state index contributed by atoms with van der Waals surface area (Å²) in [5.41, 5.74) is -0.140. The summed E-state index contributed by atoms with van der Waals surface area (Å²) in [6, 6.07) is 2.27. The van der Waals surface area contributed by atoms with Gasteiger partial charge in [0.1, 0.15) is 0 Å². The van der Waals surface area contributed by atoms with E-state index in [1.54, 1.807) is 11.3 Å². The van der Waals surface area contributed by atoms with Crippen molar-refractivity contribution in [1.29, 1.82) is 0 Å². The fourth-order valence-electron chi connectivity index (χ4n) is 1.94. The van der Waals surface area contributed by atoms with Crippen molar-refractivity contribution in [2.45, 2.75) is 6.04 Å². The number of aliphatic hydroxyl groups is 1. The van der Waals surface area contributed by atoms with E-state index in [-0.39, 0.29) is 18.1 Å². The van der Waals surface area contributed by atoms with Gasteiger partial charge in [0.15, 0.2) is 0 Å². The van der Waals surface area contributed by atoms with E-state index >= 15 is 0 Å². The zero-order chi connectivity index (χ0) is 10.9. The smallest absolute Gasteiger partial charge is 0.0604 e. The zero-order valence-electron chi connectivity index (χ0n) is 8.50. The third-order valence-corrected chi connectivity index (χ3v) is 4.63. The number of aliphatic hydroxyl groups excluding tert-OH is 1. The van der Waals surface area contributed by atoms with Gasteiger partial charge in [-0.1, -0.05) is 0 Å². The molecular weight excluding hydrogens is 278 g/mol. The molecule has 1 fully saturated rings. The van der Waals surface area contributed by atoms with Crippen LogP contribution in [0.3, 0.4) is 0 Å². The van der Waals surface area contributed by atoms with Crippen molar-refractivity contribution in [2.24, 2.45) is 5.41 Å². The van der Waals surface area contributed by atoms with E-state index in [1.165, 1.54) is 4.88 Å². The summed E-state index contributed by atoms with van der Waals surface area (Å²) >= 11 is 5.14. The second-order valence-electron chi connectivity index (χ2n) is 3.90. The average molecular weight is 292 g/mol. The van der Waals surface area contributed by atoms with Crippen molar-refractivity contribution < 1.29 is 9.84 Å². The van der Waals surface area contributed by atoms with E-state index in [2.05, 4.69) is 32.7 Å². The first-order valence-corrected chi connectivity index (χ1v) is 6.49. The van der Waals surface area contributed by atoms with E-state index in [4.69, 9.17) is 4.74 Å². The summed E-state index contributed by atoms with van der Waals surface area (Å²) in [5.74, 6) is 0. The summed E-state index contributed by atoms with van der Waals surface area (Å²) in [6.07, 6.45) is 0. The van der Waals surface area contributed by atoms with E-state index in [0.29, 0.717) is 13.2 Å². The van der Waals surface area contributed by atoms with Gasteiger partial charge in [0.25, 0.3) is 0 Å². The van der Waals surface area contributed by atoms with Crippen LogP contribution in [0.1, 0.15) is 10.9 Å². The average Bonchev–Trinajstić information content (AvgIpc) is 2.58. The lowest BCUT2D eigenvalue weighted by atomic mass is 9.78. The van der Waals surface area contributed by atoms with Crippen LogP contribution in [-0.4, -0.2) is 32.0 Å². The highest BCUT2D eigenvalue weighted by atomic mass is 79.9. The Kier molecular flexibility index (Phi) is 3.47. The van der Waals surface area contributed by atoms with Crippen LogP contribution < -0.4 is 5.32 Å². The molecule has 1 unspecified atom stereocenters. The van der Waals surface area contributed by atoms with Gasteiger partial charge in [-0.3, -0.25) is 0 Å². The molecule has 0 aliphatic carbocycles. The molecule has 2 rings (SSSR count). The van der Waals surface area contributed by atoms with Crippen LogP contribution in [0, 0.1) is 5.41 Å². The van der Waals surface area contributed by atoms with Gasteiger partial charge in [0.05, 0.1) is 31.3 Å². The number of hydrogen-bond acceptors (Lipinski definition) is 4. The minimum absolute atomic E-state index is 0.140. The van der Waals surface area contributed by atoms with Crippen molar-refractivity contribution >= 4 is 27.3 Å². The molecule has 0 spiro atoms. The molecule has 1 aromatic heterocycles. The molecular formula is C10H14BrNO2S. The van der Waals surface area contributed by atoms with Crippen molar-refractivity contribution in [3.8, 4) is 0 Å². The standard InChI is InChI=1S/C10H14BrNO2S/c1-12-9(8-2-7(11)3-15-8)10(4-13)5-14-6-10/h2-3,9,12-13H,4-6H2,1H3. The molecule has 1 saturated heterocycles. The molecule has 1 aliphatic rings. The van der Waals surface area contributed by atoms with Gasteiger partial charge in [-0.15, -0.1) is 11.3 Å². The van der Waals surface area contributed by atoms with Crippen LogP contribution in [0.2, 0.25) is 0 Å². The predicted octanol–water partition coefficient (Wildman–Crippen LogP) is 1.78. The highest BCUT2D eigenvalue weighted by Crippen LogP contribution is 2.42. The third-order valence-electron chi connectivity index (χ3n) is 2.87. The van der Waals surface area contributed by atoms with Gasteiger partial charge in [0, 0.05) is 14.7 Å². The number of rotatable bonds is 4. The number of hydrogen-bond donors (Lipinski definition) is 2. The quantitative estimate of drug-likeness (QED) is 0.889. The first kappa shape index (κ1) is 11.5. The van der Waals surface area contributed by atoms with E-state index < -0.39 is 0 Å². The summed E-state index contributed by atoms with van der Waals surface area (Å²) in [7, 11) is 1.92. The van der Waals surface area contributed by atoms with Crippen molar-refractivity contribution in [3.63, 3.8) is 0 Å². The third kappa shape index (κ3) is 1.99. The maximum atomic E-state index is 9.48. The highest BCUT2D eigenvalue weighted by Gasteiger charge is 2.45. The summed E-state index contributed by atoms with van der Waals surface area (Å²) < 4.78 is 6.33. The molecule has 0 bridgehead atoms. The lowest BCUT2D eigenvalue weighted by Crippen LogP contribution is -2.53. The van der Waals surface area contributed by atoms with Crippen LogP contribution >= 0.6 is 27.3 Å². The first-order chi connectivity index (χ1) is 7.22. The normalized spacial score (nSPS) is 21.0. The Morgan fingerprint density at radius 2 is 2.47 bits per heavy atom. The van der Waals surface area contributed by atoms with E-state index in [9.17, 15) is 5.11 Å². The molecule has 1 aromatic rings. The van der Waals surface area contributed by atoms with Gasteiger partial charge in [-0.05, 0) is 29.0 Å². The summed E-state index contributed by atoms with van der Waals surface area (Å²) in [6.45, 7) is 1.42. The minimum Gasteiger partial charge on any atom is -0.396 e. The van der Waals surface area contributed by atoms with Gasteiger partial charge < -0.3 is 15.2 Å². The van der Waals surface area contributed by atoms with Gasteiger partial charge >= 0.3 is 0 Å². The molecule has 2 N–H and O–H groups in total. The topological polar surface area (TPSA) is 41.5 Å². The Hall–Kier alpha value is 0.0600. The number of ether oxygens (including phenoxy) is 1. The molecule has 2 heterocycles. The molecule has 1 atom stereocenters. The van der Waals surface area contributed by atoms with Crippen molar-refractivity contribution in [3.05, 3.63) is 20.8 Å². The first-order valence-electron chi connectivity index (χ1n) is 4.82. The predicted molar refractivity (Wildman–Crippen MR) is 64.2 cm³/mol. The molecule has 15 heavy (non-hydrogen) atoms. The minimum atomic E-state index is -0.140. The molecule has 1 aliphatic heterocycles. The zero-order valence-corrected chi connectivity index (χ0v) is 10.9. The number of halogens is 1. The molecule has 0 saturated carbocycles. The van der Waals surface area contributed by atoms with Crippen LogP contribution in [0.4, 0.5) is 0 Å². The van der Waals surface area contributed by atoms with Gasteiger partial charge in [-0.25, -0.2) is 0 Å². The van der Waals surface area contributed by atoms with E-state index in [0.717, 1.165) is 4.47 Å². The lowest BCUT2D eigenvalue weighted by molar-refractivity contribution is -0.154. The molecule has 0 radical (unpaired) electrons. The van der Waals surface area contributed by atoms with Crippen LogP contribution in [0.25, 0.3) is 0 Å². The van der Waals surface area contributed by atoms with Gasteiger partial charge in [-0.2, -0.15) is 0 Å². The van der Waals surface area contributed by atoms with Crippen LogP contribution in [0.5, 0.6) is 0 Å². The maximum absolute atomic E-state index is 9.48. The molecule has 84 valence electrons. The van der Waals surface area contributed by atoms with Gasteiger partial charge in [0.2, 0.25) is 0 Å². The van der Waals surface area contributed by atoms with E-state index in [1.807, 2.05) is 7.05 Å². The Balaban J connectivity index is 2.23. The lowest BCUT2D eigenvalue weighted by Gasteiger charge is -2.45. The SMILES string of the molecule is CNC(c1cc(Br)cs1)C1(CO)COC1. The largest absolute Gasteiger partial charge is 0.396 e. The van der Waals surface area contributed by atoms with Crippen molar-refractivity contribution in [1.82, 2.24) is 5.32 Å². The van der Waals surface area contributed by atoms with Crippen LogP contribution in [-0.2, 0) is 4.74 Å². The number of thiophene rings is 1. The fourth-order valence-corrected chi connectivity index (χ4v) is 3.64. The Labute approximate surface area is 102 Å². The Morgan fingerprint density at radius 1 is 1.73 bits per heavy atom.